The molecule has 1 fully saturated rings. The lowest BCUT2D eigenvalue weighted by molar-refractivity contribution is -0.119. The summed E-state index contributed by atoms with van der Waals surface area (Å²) in [5, 5.41) is 15.5. The molecule has 0 unspecified atom stereocenters. The topological polar surface area (TPSA) is 81.9 Å². The number of hydrogen-bond donors (Lipinski definition) is 1. The first-order valence-corrected chi connectivity index (χ1v) is 9.51. The molecule has 8 heteroatoms. The third-order valence-corrected chi connectivity index (χ3v) is 5.47. The number of amides is 1. The molecule has 0 radical (unpaired) electrons. The van der Waals surface area contributed by atoms with Crippen LogP contribution in [0.4, 0.5) is 0 Å². The first-order chi connectivity index (χ1) is 12.2. The molecule has 1 amide bonds. The van der Waals surface area contributed by atoms with E-state index in [0.717, 1.165) is 17.9 Å². The number of ether oxygens (including phenoxy) is 1. The van der Waals surface area contributed by atoms with Gasteiger partial charge in [0.1, 0.15) is 5.75 Å². The largest absolute Gasteiger partial charge is 0.497 e. The number of methoxy groups -OCH3 is 1. The summed E-state index contributed by atoms with van der Waals surface area (Å²) in [5.41, 5.74) is 0.828. The van der Waals surface area contributed by atoms with E-state index < -0.39 is 0 Å². The number of hydrogen-bond acceptors (Lipinski definition) is 6. The summed E-state index contributed by atoms with van der Waals surface area (Å²) in [6.45, 7) is 2.21. The van der Waals surface area contributed by atoms with E-state index in [0.29, 0.717) is 22.9 Å². The van der Waals surface area contributed by atoms with Crippen LogP contribution >= 0.6 is 11.8 Å². The maximum atomic E-state index is 12.3. The normalized spacial score (nSPS) is 20.2. The molecule has 1 aliphatic rings. The summed E-state index contributed by atoms with van der Waals surface area (Å²) < 4.78 is 6.78. The summed E-state index contributed by atoms with van der Waals surface area (Å²) in [7, 11) is 1.62. The summed E-state index contributed by atoms with van der Waals surface area (Å²) in [5.74, 6) is 1.66. The molecule has 0 spiro atoms. The minimum Gasteiger partial charge on any atom is -0.497 e. The highest BCUT2D eigenvalue weighted by Crippen LogP contribution is 2.24. The zero-order valence-electron chi connectivity index (χ0n) is 14.5. The van der Waals surface area contributed by atoms with Gasteiger partial charge < -0.3 is 10.1 Å². The minimum atomic E-state index is 0.0352. The van der Waals surface area contributed by atoms with Gasteiger partial charge in [-0.15, -0.1) is 5.10 Å². The Morgan fingerprint density at radius 2 is 2.08 bits per heavy atom. The molecule has 0 aliphatic heterocycles. The lowest BCUT2D eigenvalue weighted by Gasteiger charge is -2.29. The first kappa shape index (κ1) is 17.7. The van der Waals surface area contributed by atoms with E-state index in [1.165, 1.54) is 31.0 Å². The molecule has 7 nitrogen and oxygen atoms in total. The Hall–Kier alpha value is -2.09. The summed E-state index contributed by atoms with van der Waals surface area (Å²) in [6, 6.07) is 7.75. The lowest BCUT2D eigenvalue weighted by atomic mass is 9.86. The van der Waals surface area contributed by atoms with Gasteiger partial charge in [0.05, 0.1) is 18.6 Å². The van der Waals surface area contributed by atoms with E-state index in [2.05, 4.69) is 27.8 Å². The Morgan fingerprint density at radius 3 is 2.80 bits per heavy atom. The van der Waals surface area contributed by atoms with Crippen LogP contribution in [-0.2, 0) is 4.79 Å². The molecule has 1 aliphatic carbocycles. The molecule has 1 N–H and O–H groups in total. The molecular weight excluding hydrogens is 338 g/mol. The number of aromatic nitrogens is 4. The van der Waals surface area contributed by atoms with Crippen LogP contribution in [0.1, 0.15) is 32.6 Å². The van der Waals surface area contributed by atoms with Crippen LogP contribution in [0.15, 0.2) is 29.4 Å². The lowest BCUT2D eigenvalue weighted by Crippen LogP contribution is -2.41. The summed E-state index contributed by atoms with van der Waals surface area (Å²) in [4.78, 5) is 12.3. The van der Waals surface area contributed by atoms with E-state index in [1.807, 2.05) is 24.3 Å². The van der Waals surface area contributed by atoms with Gasteiger partial charge in [0.25, 0.3) is 0 Å². The molecule has 2 aromatic rings. The van der Waals surface area contributed by atoms with Crippen molar-refractivity contribution < 1.29 is 9.53 Å². The van der Waals surface area contributed by atoms with Crippen molar-refractivity contribution in [1.82, 2.24) is 25.5 Å². The second kappa shape index (κ2) is 8.33. The number of nitrogens with zero attached hydrogens (tertiary/aromatic N) is 4. The van der Waals surface area contributed by atoms with Crippen LogP contribution in [0.25, 0.3) is 5.69 Å². The maximum Gasteiger partial charge on any atom is 0.230 e. The smallest absolute Gasteiger partial charge is 0.230 e. The molecule has 1 heterocycles. The minimum absolute atomic E-state index is 0.0352. The van der Waals surface area contributed by atoms with Crippen molar-refractivity contribution in [3.63, 3.8) is 0 Å². The molecule has 1 aromatic heterocycles. The van der Waals surface area contributed by atoms with Crippen molar-refractivity contribution in [2.75, 3.05) is 12.9 Å². The number of tetrazole rings is 1. The molecular formula is C17H23N5O2S. The van der Waals surface area contributed by atoms with Crippen molar-refractivity contribution in [3.05, 3.63) is 24.3 Å². The number of benzene rings is 1. The van der Waals surface area contributed by atoms with Gasteiger partial charge in [0, 0.05) is 6.04 Å². The van der Waals surface area contributed by atoms with Crippen molar-refractivity contribution in [3.8, 4) is 11.4 Å². The van der Waals surface area contributed by atoms with Crippen LogP contribution in [0, 0.1) is 5.92 Å². The van der Waals surface area contributed by atoms with Crippen LogP contribution in [0.3, 0.4) is 0 Å². The third-order valence-electron chi connectivity index (χ3n) is 4.55. The standard InChI is InChI=1S/C17H23N5O2S/c1-12-5-3-4-6-15(12)18-16(23)11-25-17-19-20-21-22(17)13-7-9-14(24-2)10-8-13/h7-10,12,15H,3-6,11H2,1-2H3,(H,18,23)/t12-,15+/m0/s1. The number of carbonyl (C=O) groups excluding carboxylic acids is 1. The van der Waals surface area contributed by atoms with Gasteiger partial charge in [-0.25, -0.2) is 0 Å². The Labute approximate surface area is 151 Å². The Balaban J connectivity index is 1.58. The van der Waals surface area contributed by atoms with E-state index in [-0.39, 0.29) is 5.91 Å². The quantitative estimate of drug-likeness (QED) is 0.796. The Bertz CT molecular complexity index is 703. The molecule has 1 saturated carbocycles. The monoisotopic (exact) mass is 361 g/mol. The van der Waals surface area contributed by atoms with Gasteiger partial charge in [-0.3, -0.25) is 4.79 Å². The second-order valence-electron chi connectivity index (χ2n) is 6.30. The number of rotatable bonds is 6. The maximum absolute atomic E-state index is 12.3. The van der Waals surface area contributed by atoms with Gasteiger partial charge in [0.15, 0.2) is 0 Å². The van der Waals surface area contributed by atoms with Crippen molar-refractivity contribution in [2.24, 2.45) is 5.92 Å². The van der Waals surface area contributed by atoms with E-state index in [9.17, 15) is 4.79 Å². The molecule has 134 valence electrons. The molecule has 25 heavy (non-hydrogen) atoms. The van der Waals surface area contributed by atoms with Gasteiger partial charge in [-0.05, 0) is 53.5 Å². The van der Waals surface area contributed by atoms with E-state index in [4.69, 9.17) is 4.74 Å². The highest BCUT2D eigenvalue weighted by atomic mass is 32.2. The van der Waals surface area contributed by atoms with Crippen LogP contribution < -0.4 is 10.1 Å². The molecule has 3 rings (SSSR count). The van der Waals surface area contributed by atoms with Crippen molar-refractivity contribution in [1.29, 1.82) is 0 Å². The fourth-order valence-corrected chi connectivity index (χ4v) is 3.77. The third kappa shape index (κ3) is 4.50. The van der Waals surface area contributed by atoms with Gasteiger partial charge >= 0.3 is 0 Å². The molecule has 2 atom stereocenters. The van der Waals surface area contributed by atoms with Crippen LogP contribution in [-0.4, -0.2) is 45.0 Å². The van der Waals surface area contributed by atoms with Gasteiger partial charge in [0.2, 0.25) is 11.1 Å². The fourth-order valence-electron chi connectivity index (χ4n) is 3.06. The summed E-state index contributed by atoms with van der Waals surface area (Å²) >= 11 is 1.34. The summed E-state index contributed by atoms with van der Waals surface area (Å²) in [6.07, 6.45) is 4.71. The van der Waals surface area contributed by atoms with Crippen molar-refractivity contribution >= 4 is 17.7 Å². The van der Waals surface area contributed by atoms with Gasteiger partial charge in [-0.1, -0.05) is 31.5 Å². The van der Waals surface area contributed by atoms with Crippen LogP contribution in [0.2, 0.25) is 0 Å². The predicted octanol–water partition coefficient (Wildman–Crippen LogP) is 2.46. The van der Waals surface area contributed by atoms with Crippen molar-refractivity contribution in [2.45, 2.75) is 43.8 Å². The molecule has 0 saturated heterocycles. The Kier molecular flexibility index (Phi) is 5.91. The Morgan fingerprint density at radius 1 is 1.32 bits per heavy atom. The van der Waals surface area contributed by atoms with Gasteiger partial charge in [-0.2, -0.15) is 4.68 Å². The van der Waals surface area contributed by atoms with E-state index >= 15 is 0 Å². The van der Waals surface area contributed by atoms with Crippen LogP contribution in [0.5, 0.6) is 5.75 Å². The SMILES string of the molecule is COc1ccc(-n2nnnc2SCC(=O)N[C@@H]2CCCC[C@@H]2C)cc1. The highest BCUT2D eigenvalue weighted by Gasteiger charge is 2.23. The highest BCUT2D eigenvalue weighted by molar-refractivity contribution is 7.99. The molecule has 0 bridgehead atoms. The average Bonchev–Trinajstić information content (AvgIpc) is 3.10. The molecule has 1 aromatic carbocycles. The van der Waals surface area contributed by atoms with E-state index in [1.54, 1.807) is 11.8 Å². The zero-order chi connectivity index (χ0) is 17.6. The first-order valence-electron chi connectivity index (χ1n) is 8.52. The predicted molar refractivity (Wildman–Crippen MR) is 96.0 cm³/mol. The number of carbonyl (C=O) groups is 1. The zero-order valence-corrected chi connectivity index (χ0v) is 15.3. The fraction of sp³-hybridized carbons (Fsp3) is 0.529. The number of thioether (sulfide) groups is 1. The number of nitrogens with one attached hydrogen (secondary N) is 1. The second-order valence-corrected chi connectivity index (χ2v) is 7.24. The average molecular weight is 361 g/mol.